The Morgan fingerprint density at radius 2 is 1.74 bits per heavy atom. The first-order chi connectivity index (χ1) is 17.6. The van der Waals surface area contributed by atoms with Gasteiger partial charge in [-0.15, -0.1) is 0 Å². The average molecular weight is 525 g/mol. The Kier molecular flexibility index (Phi) is 6.71. The van der Waals surface area contributed by atoms with E-state index in [9.17, 15) is 34.8 Å². The molecule has 0 radical (unpaired) electrons. The molecule has 2 unspecified atom stereocenters. The molecule has 0 spiro atoms. The summed E-state index contributed by atoms with van der Waals surface area (Å²) in [6.07, 6.45) is 3.11. The van der Waals surface area contributed by atoms with Gasteiger partial charge in [-0.2, -0.15) is 0 Å². The van der Waals surface area contributed by atoms with E-state index in [0.717, 1.165) is 37.3 Å². The average Bonchev–Trinajstić information content (AvgIpc) is 2.80. The molecule has 7 heteroatoms. The topological polar surface area (TPSA) is 132 Å². The van der Waals surface area contributed by atoms with Crippen LogP contribution >= 0.6 is 0 Å². The number of rotatable bonds is 6. The summed E-state index contributed by atoms with van der Waals surface area (Å²) >= 11 is 0. The molecule has 5 atom stereocenters. The Balaban J connectivity index is 2.00. The highest BCUT2D eigenvalue weighted by atomic mass is 16.3. The largest absolute Gasteiger partial charge is 0.508 e. The molecule has 1 aromatic carbocycles. The van der Waals surface area contributed by atoms with Crippen molar-refractivity contribution < 1.29 is 34.8 Å². The molecule has 0 heterocycles. The highest BCUT2D eigenvalue weighted by Gasteiger charge is 2.72. The van der Waals surface area contributed by atoms with E-state index in [1.54, 1.807) is 20.8 Å². The summed E-state index contributed by atoms with van der Waals surface area (Å²) in [4.78, 5) is 40.3. The molecule has 0 aromatic heterocycles. The number of ketones is 3. The number of phenolic OH excluding ortho intramolecular Hbond substituents is 1. The summed E-state index contributed by atoms with van der Waals surface area (Å²) in [5.74, 6) is -4.55. The molecule has 3 aliphatic carbocycles. The number of carbonyl (C=O) groups excluding carboxylic acids is 3. The smallest absolute Gasteiger partial charge is 0.203 e. The van der Waals surface area contributed by atoms with Crippen LogP contribution in [0.15, 0.2) is 29.0 Å². The van der Waals surface area contributed by atoms with Crippen LogP contribution in [-0.2, 0) is 27.2 Å². The van der Waals surface area contributed by atoms with E-state index in [4.69, 9.17) is 0 Å². The number of carbonyl (C=O) groups is 3. The van der Waals surface area contributed by atoms with Crippen molar-refractivity contribution in [2.75, 3.05) is 0 Å². The van der Waals surface area contributed by atoms with Crippen molar-refractivity contribution in [2.45, 2.75) is 86.2 Å². The van der Waals surface area contributed by atoms with Crippen LogP contribution in [0, 0.1) is 28.6 Å². The fourth-order valence-corrected chi connectivity index (χ4v) is 7.62. The summed E-state index contributed by atoms with van der Waals surface area (Å²) < 4.78 is 0. The second-order valence-corrected chi connectivity index (χ2v) is 12.6. The fourth-order valence-electron chi connectivity index (χ4n) is 7.62. The van der Waals surface area contributed by atoms with E-state index in [0.29, 0.717) is 12.3 Å². The third kappa shape index (κ3) is 3.61. The molecular weight excluding hydrogens is 484 g/mol. The number of hydrogen-bond acceptors (Lipinski definition) is 7. The number of allylic oxidation sites excluding steroid dienone is 1. The van der Waals surface area contributed by atoms with E-state index in [-0.39, 0.29) is 29.2 Å². The van der Waals surface area contributed by atoms with Gasteiger partial charge in [-0.1, -0.05) is 54.0 Å². The molecule has 1 saturated carbocycles. The van der Waals surface area contributed by atoms with Gasteiger partial charge >= 0.3 is 0 Å². The molecule has 0 amide bonds. The monoisotopic (exact) mass is 524 g/mol. The van der Waals surface area contributed by atoms with Gasteiger partial charge in [-0.25, -0.2) is 0 Å². The minimum Gasteiger partial charge on any atom is -0.508 e. The van der Waals surface area contributed by atoms with Crippen molar-refractivity contribution in [1.82, 2.24) is 0 Å². The highest BCUT2D eigenvalue weighted by molar-refractivity contribution is 6.24. The Morgan fingerprint density at radius 1 is 1.11 bits per heavy atom. The molecule has 1 fully saturated rings. The summed E-state index contributed by atoms with van der Waals surface area (Å²) in [6.45, 7) is 12.5. The second-order valence-electron chi connectivity index (χ2n) is 12.6. The molecule has 0 aliphatic heterocycles. The van der Waals surface area contributed by atoms with Gasteiger partial charge in [0.05, 0.1) is 5.56 Å². The summed E-state index contributed by atoms with van der Waals surface area (Å²) in [6, 6.07) is 3.37. The first kappa shape index (κ1) is 28.1. The Labute approximate surface area is 224 Å². The third-order valence-electron chi connectivity index (χ3n) is 9.59. The molecule has 0 saturated heterocycles. The lowest BCUT2D eigenvalue weighted by Gasteiger charge is -2.59. The number of fused-ring (bicyclic) bond motifs is 3. The van der Waals surface area contributed by atoms with Crippen LogP contribution in [0.25, 0.3) is 5.76 Å². The van der Waals surface area contributed by atoms with Crippen LogP contribution < -0.4 is 0 Å². The van der Waals surface area contributed by atoms with Crippen LogP contribution in [0.2, 0.25) is 0 Å². The number of benzene rings is 1. The minimum atomic E-state index is -2.58. The quantitative estimate of drug-likeness (QED) is 0.378. The van der Waals surface area contributed by atoms with Crippen molar-refractivity contribution in [3.63, 3.8) is 0 Å². The number of aliphatic hydroxyl groups excluding tert-OH is 2. The first-order valence-electron chi connectivity index (χ1n) is 13.6. The van der Waals surface area contributed by atoms with Crippen molar-refractivity contribution in [1.29, 1.82) is 0 Å². The van der Waals surface area contributed by atoms with Crippen LogP contribution in [0.1, 0.15) is 84.4 Å². The molecular formula is C31H40O7. The van der Waals surface area contributed by atoms with Crippen LogP contribution in [-0.4, -0.2) is 43.4 Å². The Morgan fingerprint density at radius 3 is 2.29 bits per heavy atom. The predicted octanol–water partition coefficient (Wildman–Crippen LogP) is 5.17. The number of aryl methyl sites for hydroxylation is 1. The second kappa shape index (κ2) is 9.08. The third-order valence-corrected chi connectivity index (χ3v) is 9.59. The molecule has 1 aromatic rings. The van der Waals surface area contributed by atoms with Crippen LogP contribution in [0.3, 0.4) is 0 Å². The number of Topliss-reactive ketones (excluding diaryl/α,β-unsaturated/α-hetero) is 3. The number of hydrogen-bond donors (Lipinski definition) is 4. The summed E-state index contributed by atoms with van der Waals surface area (Å²) in [5.41, 5.74) is -3.77. The lowest BCUT2D eigenvalue weighted by molar-refractivity contribution is -0.178. The Bertz CT molecular complexity index is 1300. The van der Waals surface area contributed by atoms with Crippen LogP contribution in [0.4, 0.5) is 0 Å². The fraction of sp³-hybridized carbons (Fsp3) is 0.581. The number of aliphatic hydroxyl groups is 3. The van der Waals surface area contributed by atoms with Gasteiger partial charge in [0, 0.05) is 22.3 Å². The lowest BCUT2D eigenvalue weighted by Crippen LogP contribution is -2.69. The molecule has 206 valence electrons. The van der Waals surface area contributed by atoms with E-state index < -0.39 is 56.8 Å². The predicted molar refractivity (Wildman–Crippen MR) is 144 cm³/mol. The van der Waals surface area contributed by atoms with E-state index in [1.165, 1.54) is 6.07 Å². The maximum absolute atomic E-state index is 14.3. The maximum Gasteiger partial charge on any atom is 0.203 e. The normalized spacial score (nSPS) is 31.8. The molecule has 38 heavy (non-hydrogen) atoms. The van der Waals surface area contributed by atoms with Crippen LogP contribution in [0.5, 0.6) is 5.75 Å². The lowest BCUT2D eigenvalue weighted by atomic mass is 9.43. The molecule has 4 rings (SSSR count). The standard InChI is InChI=1S/C31H40O7/c1-8-16(4)9-10-18-11-12-20(33)22-19(18)13-29(6)14-30(7)23(15(2)3)25(34)21(17(5)32)27(36)31(30,38)28(37)24(29)26(22)35/h11-12,15-16,23,33,35-36,38H,8-10,13-14H2,1-7H3/t16?,23?,29-,30-,31+/m1/s1. The zero-order chi connectivity index (χ0) is 28.5. The van der Waals surface area contributed by atoms with Gasteiger partial charge < -0.3 is 20.4 Å². The van der Waals surface area contributed by atoms with Gasteiger partial charge in [0.15, 0.2) is 17.2 Å². The van der Waals surface area contributed by atoms with Gasteiger partial charge in [0.2, 0.25) is 5.78 Å². The molecule has 7 nitrogen and oxygen atoms in total. The molecule has 4 N–H and O–H groups in total. The van der Waals surface area contributed by atoms with Crippen molar-refractivity contribution in [3.8, 4) is 5.75 Å². The molecule has 3 aliphatic rings. The zero-order valence-corrected chi connectivity index (χ0v) is 23.4. The van der Waals surface area contributed by atoms with Gasteiger partial charge in [0.1, 0.15) is 22.8 Å². The van der Waals surface area contributed by atoms with Crippen molar-refractivity contribution in [2.24, 2.45) is 28.6 Å². The van der Waals surface area contributed by atoms with E-state index >= 15 is 0 Å². The summed E-state index contributed by atoms with van der Waals surface area (Å²) in [5, 5.41) is 45.6. The number of phenols is 1. The summed E-state index contributed by atoms with van der Waals surface area (Å²) in [7, 11) is 0. The van der Waals surface area contributed by atoms with Gasteiger partial charge in [0.25, 0.3) is 0 Å². The van der Waals surface area contributed by atoms with Gasteiger partial charge in [-0.05, 0) is 61.6 Å². The van der Waals surface area contributed by atoms with E-state index in [2.05, 4.69) is 13.8 Å². The number of aromatic hydroxyl groups is 1. The van der Waals surface area contributed by atoms with Crippen molar-refractivity contribution >= 4 is 23.1 Å². The Hall–Kier alpha value is -2.93. The van der Waals surface area contributed by atoms with Crippen molar-refractivity contribution in [3.05, 3.63) is 45.7 Å². The maximum atomic E-state index is 14.3. The first-order valence-corrected chi connectivity index (χ1v) is 13.6. The SMILES string of the molecule is CCC(C)CCc1ccc(O)c2c1C[C@]1(C)C[C@]3(C)C(C(C)C)C(=O)C(C(C)=O)=C(O)[C@]3(O)C(=O)C1=C2O. The minimum absolute atomic E-state index is 0.0920. The zero-order valence-electron chi connectivity index (χ0n) is 23.4. The molecule has 0 bridgehead atoms. The van der Waals surface area contributed by atoms with Gasteiger partial charge in [-0.3, -0.25) is 14.4 Å². The highest BCUT2D eigenvalue weighted by Crippen LogP contribution is 2.65. The van der Waals surface area contributed by atoms with E-state index in [1.807, 2.05) is 13.0 Å².